The number of halogens is 2. The lowest BCUT2D eigenvalue weighted by Crippen LogP contribution is -2.24. The molecule has 218 valence electrons. The van der Waals surface area contributed by atoms with Gasteiger partial charge in [0.1, 0.15) is 16.9 Å². The number of ether oxygens (including phenoxy) is 3. The van der Waals surface area contributed by atoms with Crippen LogP contribution in [0.5, 0.6) is 5.75 Å². The van der Waals surface area contributed by atoms with E-state index in [-0.39, 0.29) is 37.8 Å². The highest BCUT2D eigenvalue weighted by atomic mass is 35.5. The minimum absolute atomic E-state index is 0.0968. The summed E-state index contributed by atoms with van der Waals surface area (Å²) in [4.78, 5) is 28.1. The Hall–Kier alpha value is -3.98. The maximum Gasteiger partial charge on any atom is 0.374 e. The minimum atomic E-state index is -0.572. The van der Waals surface area contributed by atoms with Crippen LogP contribution in [-0.4, -0.2) is 37.2 Å². The molecule has 0 saturated heterocycles. The third-order valence-electron chi connectivity index (χ3n) is 6.76. The third-order valence-corrected chi connectivity index (χ3v) is 7.23. The average molecular weight is 610 g/mol. The molecule has 10 heteroatoms. The fraction of sp³-hybridized carbons (Fsp3) is 0.250. The van der Waals surface area contributed by atoms with E-state index in [2.05, 4.69) is 4.90 Å². The highest BCUT2D eigenvalue weighted by Gasteiger charge is 2.27. The van der Waals surface area contributed by atoms with Crippen molar-refractivity contribution in [3.8, 4) is 5.75 Å². The van der Waals surface area contributed by atoms with E-state index in [1.807, 2.05) is 24.3 Å². The highest BCUT2D eigenvalue weighted by molar-refractivity contribution is 6.31. The number of rotatable bonds is 11. The number of hydrogen-bond donors (Lipinski definition) is 0. The number of fused-ring (bicyclic) bond motifs is 2. The quantitative estimate of drug-likeness (QED) is 0.139. The Balaban J connectivity index is 1.63. The molecule has 3 aromatic carbocycles. The summed E-state index contributed by atoms with van der Waals surface area (Å²) < 4.78 is 27.9. The zero-order valence-corrected chi connectivity index (χ0v) is 24.9. The van der Waals surface area contributed by atoms with Gasteiger partial charge in [0.2, 0.25) is 11.5 Å². The molecule has 0 aliphatic heterocycles. The highest BCUT2D eigenvalue weighted by Crippen LogP contribution is 2.34. The molecule has 0 spiro atoms. The fourth-order valence-corrected chi connectivity index (χ4v) is 5.23. The van der Waals surface area contributed by atoms with Crippen molar-refractivity contribution in [2.45, 2.75) is 33.5 Å². The van der Waals surface area contributed by atoms with Crippen molar-refractivity contribution in [1.82, 2.24) is 4.90 Å². The zero-order valence-electron chi connectivity index (χ0n) is 23.4. The Kier molecular flexibility index (Phi) is 9.06. The van der Waals surface area contributed by atoms with E-state index in [9.17, 15) is 9.59 Å². The molecule has 0 aliphatic rings. The number of benzene rings is 3. The summed E-state index contributed by atoms with van der Waals surface area (Å²) in [5.41, 5.74) is 3.22. The molecule has 42 heavy (non-hydrogen) atoms. The second-order valence-corrected chi connectivity index (χ2v) is 10.4. The van der Waals surface area contributed by atoms with Crippen LogP contribution >= 0.6 is 23.2 Å². The Bertz CT molecular complexity index is 1640. The molecule has 0 saturated carbocycles. The molecule has 0 unspecified atom stereocenters. The number of esters is 2. The molecule has 5 rings (SSSR count). The monoisotopic (exact) mass is 609 g/mol. The lowest BCUT2D eigenvalue weighted by molar-refractivity contribution is 0.0483. The molecule has 8 nitrogen and oxygen atoms in total. The summed E-state index contributed by atoms with van der Waals surface area (Å²) in [5.74, 6) is -0.224. The van der Waals surface area contributed by atoms with Gasteiger partial charge >= 0.3 is 11.9 Å². The summed E-state index contributed by atoms with van der Waals surface area (Å²) in [7, 11) is 1.61. The topological polar surface area (TPSA) is 91.3 Å². The molecule has 0 fully saturated rings. The molecule has 5 aromatic rings. The standard InChI is InChI=1S/C32H29Cl2NO7/c1-4-39-31(36)29-25(23-14-20(33)8-12-27(23)41-29)17-35(16-19-6-10-22(38-3)11-7-19)18-26-24-15-21(34)9-13-28(24)42-30(26)32(37)40-5-2/h6-15H,4-5,16-18H2,1-3H3. The van der Waals surface area contributed by atoms with Gasteiger partial charge in [-0.25, -0.2) is 9.59 Å². The van der Waals surface area contributed by atoms with Gasteiger partial charge in [-0.3, -0.25) is 4.90 Å². The van der Waals surface area contributed by atoms with E-state index in [0.717, 1.165) is 11.3 Å². The summed E-state index contributed by atoms with van der Waals surface area (Å²) in [5, 5.41) is 2.38. The number of furan rings is 2. The van der Waals surface area contributed by atoms with Crippen LogP contribution in [0.4, 0.5) is 0 Å². The van der Waals surface area contributed by atoms with Crippen molar-refractivity contribution in [2.24, 2.45) is 0 Å². The predicted octanol–water partition coefficient (Wildman–Crippen LogP) is 8.05. The van der Waals surface area contributed by atoms with Gasteiger partial charge in [-0.1, -0.05) is 35.3 Å². The van der Waals surface area contributed by atoms with E-state index in [0.29, 0.717) is 49.7 Å². The Labute approximate surface area is 252 Å². The van der Waals surface area contributed by atoms with Crippen molar-refractivity contribution in [3.63, 3.8) is 0 Å². The number of carbonyl (C=O) groups is 2. The van der Waals surface area contributed by atoms with Crippen LogP contribution in [0.1, 0.15) is 51.6 Å². The van der Waals surface area contributed by atoms with E-state index in [4.69, 9.17) is 46.2 Å². The Morgan fingerprint density at radius 2 is 1.19 bits per heavy atom. The summed E-state index contributed by atoms with van der Waals surface area (Å²) in [6.45, 7) is 4.80. The van der Waals surface area contributed by atoms with Gasteiger partial charge < -0.3 is 23.0 Å². The summed E-state index contributed by atoms with van der Waals surface area (Å²) in [6, 6.07) is 18.1. The van der Waals surface area contributed by atoms with Crippen LogP contribution < -0.4 is 4.74 Å². The third kappa shape index (κ3) is 6.26. The molecule has 0 radical (unpaired) electrons. The van der Waals surface area contributed by atoms with E-state index >= 15 is 0 Å². The van der Waals surface area contributed by atoms with Crippen LogP contribution in [0.25, 0.3) is 21.9 Å². The fourth-order valence-electron chi connectivity index (χ4n) is 4.88. The summed E-state index contributed by atoms with van der Waals surface area (Å²) >= 11 is 12.7. The summed E-state index contributed by atoms with van der Waals surface area (Å²) in [6.07, 6.45) is 0. The van der Waals surface area contributed by atoms with Gasteiger partial charge in [0.25, 0.3) is 0 Å². The van der Waals surface area contributed by atoms with Crippen molar-refractivity contribution in [2.75, 3.05) is 20.3 Å². The van der Waals surface area contributed by atoms with Gasteiger partial charge in [0, 0.05) is 51.6 Å². The normalized spacial score (nSPS) is 11.4. The van der Waals surface area contributed by atoms with Crippen LogP contribution in [0.15, 0.2) is 69.5 Å². The second-order valence-electron chi connectivity index (χ2n) is 9.53. The van der Waals surface area contributed by atoms with Crippen LogP contribution in [-0.2, 0) is 29.1 Å². The number of carbonyl (C=O) groups excluding carboxylic acids is 2. The van der Waals surface area contributed by atoms with E-state index in [1.54, 1.807) is 57.4 Å². The van der Waals surface area contributed by atoms with Gasteiger partial charge in [0.05, 0.1) is 20.3 Å². The van der Waals surface area contributed by atoms with E-state index < -0.39 is 11.9 Å². The molecule has 0 atom stereocenters. The number of methoxy groups -OCH3 is 1. The zero-order chi connectivity index (χ0) is 29.8. The average Bonchev–Trinajstić information content (AvgIpc) is 3.51. The van der Waals surface area contributed by atoms with Crippen molar-refractivity contribution in [1.29, 1.82) is 0 Å². The van der Waals surface area contributed by atoms with Crippen molar-refractivity contribution < 1.29 is 32.6 Å². The molecule has 0 N–H and O–H groups in total. The lowest BCUT2D eigenvalue weighted by Gasteiger charge is -2.23. The Morgan fingerprint density at radius 3 is 1.62 bits per heavy atom. The van der Waals surface area contributed by atoms with Crippen LogP contribution in [0.3, 0.4) is 0 Å². The molecule has 0 bridgehead atoms. The van der Waals surface area contributed by atoms with Crippen molar-refractivity contribution >= 4 is 57.1 Å². The number of nitrogens with zero attached hydrogens (tertiary/aromatic N) is 1. The molecular weight excluding hydrogens is 581 g/mol. The second kappa shape index (κ2) is 12.9. The molecule has 2 heterocycles. The van der Waals surface area contributed by atoms with Gasteiger partial charge in [-0.2, -0.15) is 0 Å². The first kappa shape index (κ1) is 29.5. The molecule has 0 amide bonds. The number of hydrogen-bond acceptors (Lipinski definition) is 8. The van der Waals surface area contributed by atoms with Gasteiger partial charge in [-0.05, 0) is 67.9 Å². The first-order chi connectivity index (χ1) is 20.3. The first-order valence-electron chi connectivity index (χ1n) is 13.4. The largest absolute Gasteiger partial charge is 0.497 e. The molecule has 0 aliphatic carbocycles. The SMILES string of the molecule is CCOC(=O)c1oc2ccc(Cl)cc2c1CN(Cc1ccc(OC)cc1)Cc1c(C(=O)OCC)oc2ccc(Cl)cc12. The first-order valence-corrected chi connectivity index (χ1v) is 14.2. The van der Waals surface area contributed by atoms with Crippen molar-refractivity contribution in [3.05, 3.63) is 98.9 Å². The molecular formula is C32H29Cl2NO7. The molecule has 2 aromatic heterocycles. The smallest absolute Gasteiger partial charge is 0.374 e. The van der Waals surface area contributed by atoms with Gasteiger partial charge in [-0.15, -0.1) is 0 Å². The van der Waals surface area contributed by atoms with Gasteiger partial charge in [0.15, 0.2) is 0 Å². The minimum Gasteiger partial charge on any atom is -0.497 e. The van der Waals surface area contributed by atoms with Crippen LogP contribution in [0, 0.1) is 0 Å². The Morgan fingerprint density at radius 1 is 0.714 bits per heavy atom. The van der Waals surface area contributed by atoms with E-state index in [1.165, 1.54) is 0 Å². The predicted molar refractivity (Wildman–Crippen MR) is 160 cm³/mol. The lowest BCUT2D eigenvalue weighted by atomic mass is 10.1. The maximum absolute atomic E-state index is 13.0. The maximum atomic E-state index is 13.0. The van der Waals surface area contributed by atoms with Crippen LogP contribution in [0.2, 0.25) is 10.0 Å².